The number of hydrogen-bond donors (Lipinski definition) is 1. The van der Waals surface area contributed by atoms with Gasteiger partial charge in [-0.1, -0.05) is 0 Å². The fraction of sp³-hybridized carbons (Fsp3) is 0.875. The largest absolute Gasteiger partial charge is 0.371 e. The Hall–Kier alpha value is -0.710. The van der Waals surface area contributed by atoms with Crippen LogP contribution >= 0.6 is 0 Å². The highest BCUT2D eigenvalue weighted by Crippen LogP contribution is 2.25. The van der Waals surface area contributed by atoms with Crippen molar-refractivity contribution >= 4 is 5.91 Å². The van der Waals surface area contributed by atoms with Gasteiger partial charge in [-0.25, -0.2) is 8.78 Å². The van der Waals surface area contributed by atoms with Gasteiger partial charge in [-0.3, -0.25) is 4.79 Å². The average Bonchev–Trinajstić information content (AvgIpc) is 2.52. The minimum Gasteiger partial charge on any atom is -0.371 e. The third-order valence-electron chi connectivity index (χ3n) is 2.07. The van der Waals surface area contributed by atoms with E-state index in [1.165, 1.54) is 0 Å². The van der Waals surface area contributed by atoms with Crippen LogP contribution in [0.4, 0.5) is 8.78 Å². The van der Waals surface area contributed by atoms with Crippen LogP contribution in [0.25, 0.3) is 0 Å². The summed E-state index contributed by atoms with van der Waals surface area (Å²) in [6.07, 6.45) is -3.40. The third-order valence-corrected chi connectivity index (χ3v) is 2.07. The highest BCUT2D eigenvalue weighted by molar-refractivity contribution is 5.79. The summed E-state index contributed by atoms with van der Waals surface area (Å²) in [6, 6.07) is 0. The second-order valence-corrected chi connectivity index (χ2v) is 2.96. The quantitative estimate of drug-likeness (QED) is 0.719. The van der Waals surface area contributed by atoms with Crippen LogP contribution in [0.5, 0.6) is 0 Å². The summed E-state index contributed by atoms with van der Waals surface area (Å²) in [7, 11) is 0. The first kappa shape index (κ1) is 10.4. The zero-order valence-corrected chi connectivity index (χ0v) is 7.43. The highest BCUT2D eigenvalue weighted by Gasteiger charge is 2.39. The number of amides is 1. The molecule has 0 aromatic rings. The Morgan fingerprint density at radius 1 is 1.69 bits per heavy atom. The maximum absolute atomic E-state index is 12.3. The van der Waals surface area contributed by atoms with Gasteiger partial charge in [-0.05, 0) is 13.3 Å². The molecule has 1 fully saturated rings. The van der Waals surface area contributed by atoms with Crippen LogP contribution in [0.2, 0.25) is 0 Å². The van der Waals surface area contributed by atoms with Crippen LogP contribution in [-0.4, -0.2) is 31.6 Å². The predicted octanol–water partition coefficient (Wildman–Crippen LogP) is 0.793. The Morgan fingerprint density at radius 3 is 2.92 bits per heavy atom. The summed E-state index contributed by atoms with van der Waals surface area (Å²) >= 11 is 0. The predicted molar refractivity (Wildman–Crippen MR) is 42.5 cm³/mol. The third kappa shape index (κ3) is 2.37. The van der Waals surface area contributed by atoms with E-state index in [1.807, 2.05) is 0 Å². The summed E-state index contributed by atoms with van der Waals surface area (Å²) in [4.78, 5) is 11.2. The Balaban J connectivity index is 2.52. The van der Waals surface area contributed by atoms with Gasteiger partial charge >= 0.3 is 0 Å². The van der Waals surface area contributed by atoms with Gasteiger partial charge in [0.05, 0.1) is 5.92 Å². The van der Waals surface area contributed by atoms with Gasteiger partial charge in [0.15, 0.2) is 0 Å². The monoisotopic (exact) mass is 193 g/mol. The summed E-state index contributed by atoms with van der Waals surface area (Å²) in [5.74, 6) is -1.01. The van der Waals surface area contributed by atoms with E-state index >= 15 is 0 Å². The van der Waals surface area contributed by atoms with Crippen molar-refractivity contribution in [2.75, 3.05) is 13.2 Å². The first-order valence-electron chi connectivity index (χ1n) is 4.34. The van der Waals surface area contributed by atoms with Crippen LogP contribution in [0.3, 0.4) is 0 Å². The molecule has 2 unspecified atom stereocenters. The SMILES string of the molecule is CCNC(=O)C1CCOC1C(F)F. The molecular weight excluding hydrogens is 180 g/mol. The molecule has 0 spiro atoms. The van der Waals surface area contributed by atoms with Crippen molar-refractivity contribution in [2.24, 2.45) is 5.92 Å². The van der Waals surface area contributed by atoms with Crippen molar-refractivity contribution in [2.45, 2.75) is 25.9 Å². The molecule has 13 heavy (non-hydrogen) atoms. The molecule has 2 atom stereocenters. The molecule has 1 saturated heterocycles. The molecule has 1 aliphatic rings. The van der Waals surface area contributed by atoms with Crippen molar-refractivity contribution in [1.29, 1.82) is 0 Å². The number of ether oxygens (including phenoxy) is 1. The standard InChI is InChI=1S/C8H13F2NO2/c1-2-11-8(12)5-3-4-13-6(5)7(9)10/h5-7H,2-4H2,1H3,(H,11,12). The van der Waals surface area contributed by atoms with Crippen molar-refractivity contribution in [1.82, 2.24) is 5.32 Å². The molecule has 1 amide bonds. The van der Waals surface area contributed by atoms with Crippen LogP contribution in [0, 0.1) is 5.92 Å². The van der Waals surface area contributed by atoms with Crippen molar-refractivity contribution in [3.05, 3.63) is 0 Å². The van der Waals surface area contributed by atoms with Crippen LogP contribution in [0.15, 0.2) is 0 Å². The molecule has 0 saturated carbocycles. The van der Waals surface area contributed by atoms with E-state index < -0.39 is 18.4 Å². The number of nitrogens with one attached hydrogen (secondary N) is 1. The molecule has 5 heteroatoms. The normalized spacial score (nSPS) is 28.0. The van der Waals surface area contributed by atoms with E-state index in [-0.39, 0.29) is 12.5 Å². The summed E-state index contributed by atoms with van der Waals surface area (Å²) in [5, 5.41) is 2.52. The highest BCUT2D eigenvalue weighted by atomic mass is 19.3. The van der Waals surface area contributed by atoms with Gasteiger partial charge in [0.1, 0.15) is 6.10 Å². The molecule has 3 nitrogen and oxygen atoms in total. The molecule has 1 N–H and O–H groups in total. The summed E-state index contributed by atoms with van der Waals surface area (Å²) in [5.41, 5.74) is 0. The van der Waals surface area contributed by atoms with Gasteiger partial charge < -0.3 is 10.1 Å². The lowest BCUT2D eigenvalue weighted by atomic mass is 10.0. The Kier molecular flexibility index (Phi) is 3.59. The van der Waals surface area contributed by atoms with Crippen LogP contribution < -0.4 is 5.32 Å². The Morgan fingerprint density at radius 2 is 2.38 bits per heavy atom. The molecule has 0 radical (unpaired) electrons. The smallest absolute Gasteiger partial charge is 0.265 e. The minimum absolute atomic E-state index is 0.247. The Bertz CT molecular complexity index is 187. The van der Waals surface area contributed by atoms with Gasteiger partial charge in [-0.2, -0.15) is 0 Å². The average molecular weight is 193 g/mol. The lowest BCUT2D eigenvalue weighted by molar-refractivity contribution is -0.130. The number of alkyl halides is 2. The molecule has 1 rings (SSSR count). The minimum atomic E-state index is -2.57. The van der Waals surface area contributed by atoms with Crippen molar-refractivity contribution < 1.29 is 18.3 Å². The number of halogens is 2. The molecule has 0 aromatic carbocycles. The lowest BCUT2D eigenvalue weighted by Gasteiger charge is -2.16. The first-order valence-corrected chi connectivity index (χ1v) is 4.34. The second kappa shape index (κ2) is 4.50. The van der Waals surface area contributed by atoms with E-state index in [1.54, 1.807) is 6.92 Å². The van der Waals surface area contributed by atoms with Crippen molar-refractivity contribution in [3.8, 4) is 0 Å². The van der Waals surface area contributed by atoms with Gasteiger partial charge in [0.2, 0.25) is 5.91 Å². The van der Waals surface area contributed by atoms with E-state index in [0.29, 0.717) is 13.0 Å². The number of rotatable bonds is 3. The number of carbonyl (C=O) groups excluding carboxylic acids is 1. The molecular formula is C8H13F2NO2. The zero-order chi connectivity index (χ0) is 9.84. The van der Waals surface area contributed by atoms with Crippen LogP contribution in [0.1, 0.15) is 13.3 Å². The van der Waals surface area contributed by atoms with E-state index in [2.05, 4.69) is 5.32 Å². The van der Waals surface area contributed by atoms with Gasteiger partial charge in [-0.15, -0.1) is 0 Å². The topological polar surface area (TPSA) is 38.3 Å². The fourth-order valence-electron chi connectivity index (χ4n) is 1.45. The lowest BCUT2D eigenvalue weighted by Crippen LogP contribution is -2.38. The molecule has 0 bridgehead atoms. The maximum Gasteiger partial charge on any atom is 0.265 e. The summed E-state index contributed by atoms with van der Waals surface area (Å²) < 4.78 is 29.4. The van der Waals surface area contributed by atoms with Gasteiger partial charge in [0, 0.05) is 13.2 Å². The second-order valence-electron chi connectivity index (χ2n) is 2.96. The van der Waals surface area contributed by atoms with Gasteiger partial charge in [0.25, 0.3) is 6.43 Å². The first-order chi connectivity index (χ1) is 6.16. The molecule has 0 aliphatic carbocycles. The summed E-state index contributed by atoms with van der Waals surface area (Å²) in [6.45, 7) is 2.47. The number of hydrogen-bond acceptors (Lipinski definition) is 2. The maximum atomic E-state index is 12.3. The van der Waals surface area contributed by atoms with Crippen molar-refractivity contribution in [3.63, 3.8) is 0 Å². The van der Waals surface area contributed by atoms with E-state index in [4.69, 9.17) is 4.74 Å². The van der Waals surface area contributed by atoms with E-state index in [0.717, 1.165) is 0 Å². The van der Waals surface area contributed by atoms with E-state index in [9.17, 15) is 13.6 Å². The molecule has 76 valence electrons. The number of carbonyl (C=O) groups is 1. The molecule has 0 aromatic heterocycles. The molecule has 1 heterocycles. The van der Waals surface area contributed by atoms with Crippen LogP contribution in [-0.2, 0) is 9.53 Å². The Labute approximate surface area is 75.4 Å². The molecule has 1 aliphatic heterocycles. The fourth-order valence-corrected chi connectivity index (χ4v) is 1.45. The zero-order valence-electron chi connectivity index (χ0n) is 7.43.